The number of sulfonamides is 1. The first-order chi connectivity index (χ1) is 13.6. The molecule has 0 aliphatic carbocycles. The van der Waals surface area contributed by atoms with Crippen molar-refractivity contribution in [1.29, 1.82) is 0 Å². The number of hydrogen-bond donors (Lipinski definition) is 1. The predicted octanol–water partition coefficient (Wildman–Crippen LogP) is 4.52. The number of rotatable bonds is 4. The fraction of sp³-hybridized carbons (Fsp3) is 0.350. The SMILES string of the molecule is CC1CCCCN1S(=O)(=O)c1ccc(C(=O)Nc2ccccc2C(F)(F)F)cc1. The average molecular weight is 426 g/mol. The van der Waals surface area contributed by atoms with Crippen LogP contribution in [0.25, 0.3) is 0 Å². The Morgan fingerprint density at radius 1 is 1.07 bits per heavy atom. The van der Waals surface area contributed by atoms with Gasteiger partial charge in [0, 0.05) is 18.2 Å². The van der Waals surface area contributed by atoms with Crippen LogP contribution in [-0.4, -0.2) is 31.2 Å². The monoisotopic (exact) mass is 426 g/mol. The minimum absolute atomic E-state index is 0.0542. The number of anilines is 1. The van der Waals surface area contributed by atoms with E-state index >= 15 is 0 Å². The molecule has 1 saturated heterocycles. The molecule has 1 fully saturated rings. The predicted molar refractivity (Wildman–Crippen MR) is 103 cm³/mol. The Kier molecular flexibility index (Phi) is 6.00. The summed E-state index contributed by atoms with van der Waals surface area (Å²) in [4.78, 5) is 12.4. The van der Waals surface area contributed by atoms with E-state index in [0.29, 0.717) is 6.54 Å². The number of halogens is 3. The molecule has 1 unspecified atom stereocenters. The molecule has 3 rings (SSSR count). The van der Waals surface area contributed by atoms with Crippen LogP contribution in [0.4, 0.5) is 18.9 Å². The van der Waals surface area contributed by atoms with Gasteiger partial charge in [-0.05, 0) is 56.2 Å². The lowest BCUT2D eigenvalue weighted by atomic mass is 10.1. The number of alkyl halides is 3. The number of benzene rings is 2. The third-order valence-electron chi connectivity index (χ3n) is 4.95. The Morgan fingerprint density at radius 2 is 1.72 bits per heavy atom. The summed E-state index contributed by atoms with van der Waals surface area (Å²) in [6.07, 6.45) is -2.04. The van der Waals surface area contributed by atoms with Crippen molar-refractivity contribution in [2.24, 2.45) is 0 Å². The Labute approximate surface area is 167 Å². The zero-order valence-electron chi connectivity index (χ0n) is 15.7. The van der Waals surface area contributed by atoms with Crippen molar-refractivity contribution in [1.82, 2.24) is 4.31 Å². The number of para-hydroxylation sites is 1. The second kappa shape index (κ2) is 8.16. The summed E-state index contributed by atoms with van der Waals surface area (Å²) < 4.78 is 66.3. The minimum Gasteiger partial charge on any atom is -0.321 e. The van der Waals surface area contributed by atoms with E-state index in [4.69, 9.17) is 0 Å². The van der Waals surface area contributed by atoms with E-state index in [1.54, 1.807) is 0 Å². The fourth-order valence-corrected chi connectivity index (χ4v) is 5.08. The van der Waals surface area contributed by atoms with E-state index < -0.39 is 27.7 Å². The van der Waals surface area contributed by atoms with Gasteiger partial charge in [-0.2, -0.15) is 17.5 Å². The lowest BCUT2D eigenvalue weighted by molar-refractivity contribution is -0.136. The lowest BCUT2D eigenvalue weighted by Gasteiger charge is -2.32. The molecule has 1 heterocycles. The van der Waals surface area contributed by atoms with Gasteiger partial charge in [-0.1, -0.05) is 18.6 Å². The van der Waals surface area contributed by atoms with Crippen molar-refractivity contribution in [2.45, 2.75) is 43.3 Å². The highest BCUT2D eigenvalue weighted by atomic mass is 32.2. The molecule has 1 N–H and O–H groups in total. The van der Waals surface area contributed by atoms with Gasteiger partial charge in [0.05, 0.1) is 16.1 Å². The summed E-state index contributed by atoms with van der Waals surface area (Å²) in [6.45, 7) is 2.30. The van der Waals surface area contributed by atoms with Crippen molar-refractivity contribution in [2.75, 3.05) is 11.9 Å². The summed E-state index contributed by atoms with van der Waals surface area (Å²) >= 11 is 0. The number of carbonyl (C=O) groups excluding carboxylic acids is 1. The van der Waals surface area contributed by atoms with Crippen molar-refractivity contribution in [3.05, 3.63) is 59.7 Å². The summed E-state index contributed by atoms with van der Waals surface area (Å²) in [5.41, 5.74) is -1.25. The summed E-state index contributed by atoms with van der Waals surface area (Å²) in [5, 5.41) is 2.24. The van der Waals surface area contributed by atoms with Crippen molar-refractivity contribution >= 4 is 21.6 Å². The second-order valence-electron chi connectivity index (χ2n) is 6.98. The first kappa shape index (κ1) is 21.3. The zero-order valence-corrected chi connectivity index (χ0v) is 16.6. The van der Waals surface area contributed by atoms with E-state index in [0.717, 1.165) is 31.4 Å². The molecule has 9 heteroatoms. The lowest BCUT2D eigenvalue weighted by Crippen LogP contribution is -2.41. The summed E-state index contributed by atoms with van der Waals surface area (Å²) in [6, 6.07) is 9.78. The molecule has 156 valence electrons. The Bertz CT molecular complexity index is 989. The van der Waals surface area contributed by atoms with Crippen LogP contribution in [-0.2, 0) is 16.2 Å². The molecule has 1 amide bonds. The molecule has 1 aliphatic rings. The molecule has 1 aliphatic heterocycles. The third kappa shape index (κ3) is 4.62. The Balaban J connectivity index is 1.80. The van der Waals surface area contributed by atoms with Crippen LogP contribution in [0.1, 0.15) is 42.1 Å². The van der Waals surface area contributed by atoms with Gasteiger partial charge < -0.3 is 5.32 Å². The highest BCUT2D eigenvalue weighted by Crippen LogP contribution is 2.34. The first-order valence-electron chi connectivity index (χ1n) is 9.20. The van der Waals surface area contributed by atoms with Crippen molar-refractivity contribution < 1.29 is 26.4 Å². The third-order valence-corrected chi connectivity index (χ3v) is 6.97. The number of hydrogen-bond acceptors (Lipinski definition) is 3. The van der Waals surface area contributed by atoms with Crippen LogP contribution < -0.4 is 5.32 Å². The number of amides is 1. The Morgan fingerprint density at radius 3 is 2.34 bits per heavy atom. The molecule has 0 saturated carbocycles. The van der Waals surface area contributed by atoms with Crippen LogP contribution in [0.2, 0.25) is 0 Å². The molecule has 0 spiro atoms. The topological polar surface area (TPSA) is 66.5 Å². The number of piperidine rings is 1. The van der Waals surface area contributed by atoms with E-state index in [9.17, 15) is 26.4 Å². The summed E-state index contributed by atoms with van der Waals surface area (Å²) in [7, 11) is -3.69. The number of nitrogens with one attached hydrogen (secondary N) is 1. The fourth-order valence-electron chi connectivity index (χ4n) is 3.38. The maximum atomic E-state index is 13.1. The number of carbonyl (C=O) groups is 1. The normalized spacial score (nSPS) is 18.4. The van der Waals surface area contributed by atoms with Gasteiger partial charge in [0.15, 0.2) is 0 Å². The van der Waals surface area contributed by atoms with Crippen LogP contribution >= 0.6 is 0 Å². The van der Waals surface area contributed by atoms with Crippen molar-refractivity contribution in [3.8, 4) is 0 Å². The molecule has 29 heavy (non-hydrogen) atoms. The second-order valence-corrected chi connectivity index (χ2v) is 8.87. The maximum Gasteiger partial charge on any atom is 0.418 e. The van der Waals surface area contributed by atoms with Gasteiger partial charge in [-0.3, -0.25) is 4.79 Å². The van der Waals surface area contributed by atoms with E-state index in [-0.39, 0.29) is 22.2 Å². The maximum absolute atomic E-state index is 13.1. The van der Waals surface area contributed by atoms with Crippen molar-refractivity contribution in [3.63, 3.8) is 0 Å². The molecule has 0 aromatic heterocycles. The highest BCUT2D eigenvalue weighted by Gasteiger charge is 2.34. The molecule has 2 aromatic rings. The standard InChI is InChI=1S/C20H21F3N2O3S/c1-14-6-4-5-13-25(14)29(27,28)16-11-9-15(10-12-16)19(26)24-18-8-3-2-7-17(18)20(21,22)23/h2-3,7-12,14H,4-6,13H2,1H3,(H,24,26). The minimum atomic E-state index is -4.60. The van der Waals surface area contributed by atoms with Crippen LogP contribution in [0.3, 0.4) is 0 Å². The highest BCUT2D eigenvalue weighted by molar-refractivity contribution is 7.89. The zero-order chi connectivity index (χ0) is 21.2. The van der Waals surface area contributed by atoms with Gasteiger partial charge in [-0.25, -0.2) is 8.42 Å². The first-order valence-corrected chi connectivity index (χ1v) is 10.6. The van der Waals surface area contributed by atoms with Crippen LogP contribution in [0, 0.1) is 0 Å². The van der Waals surface area contributed by atoms with Crippen LogP contribution in [0.15, 0.2) is 53.4 Å². The Hall–Kier alpha value is -2.39. The molecule has 2 aromatic carbocycles. The molecule has 0 bridgehead atoms. The van der Waals surface area contributed by atoms with Crippen LogP contribution in [0.5, 0.6) is 0 Å². The van der Waals surface area contributed by atoms with Gasteiger partial charge in [0.25, 0.3) is 5.91 Å². The molecular formula is C20H21F3N2O3S. The van der Waals surface area contributed by atoms with Gasteiger partial charge >= 0.3 is 6.18 Å². The van der Waals surface area contributed by atoms with Gasteiger partial charge in [0.2, 0.25) is 10.0 Å². The number of nitrogens with zero attached hydrogens (tertiary/aromatic N) is 1. The molecular weight excluding hydrogens is 405 g/mol. The largest absolute Gasteiger partial charge is 0.418 e. The quantitative estimate of drug-likeness (QED) is 0.782. The van der Waals surface area contributed by atoms with E-state index in [1.165, 1.54) is 40.7 Å². The molecule has 0 radical (unpaired) electrons. The van der Waals surface area contributed by atoms with Gasteiger partial charge in [-0.15, -0.1) is 0 Å². The van der Waals surface area contributed by atoms with E-state index in [1.807, 2.05) is 6.92 Å². The average Bonchev–Trinajstić information content (AvgIpc) is 2.68. The molecule has 5 nitrogen and oxygen atoms in total. The molecule has 1 atom stereocenters. The van der Waals surface area contributed by atoms with Gasteiger partial charge in [0.1, 0.15) is 0 Å². The smallest absolute Gasteiger partial charge is 0.321 e. The van der Waals surface area contributed by atoms with E-state index in [2.05, 4.69) is 5.32 Å². The summed E-state index contributed by atoms with van der Waals surface area (Å²) in [5.74, 6) is -0.753.